The minimum absolute atomic E-state index is 0.0255. The standard InChI is InChI=1S/C12H12FNO4/c13-9-3-1-8(2-4-9)11(15)14-5-6-18-7-10(14)12(16)17/h1-4,10H,5-7H2,(H,16,17). The van der Waals surface area contributed by atoms with Crippen LogP contribution in [0.25, 0.3) is 0 Å². The molecule has 1 aliphatic heterocycles. The van der Waals surface area contributed by atoms with Gasteiger partial charge in [-0.15, -0.1) is 0 Å². The van der Waals surface area contributed by atoms with E-state index in [0.29, 0.717) is 6.61 Å². The number of morpholine rings is 1. The van der Waals surface area contributed by atoms with E-state index in [2.05, 4.69) is 0 Å². The fourth-order valence-electron chi connectivity index (χ4n) is 1.81. The van der Waals surface area contributed by atoms with Gasteiger partial charge in [0.15, 0.2) is 6.04 Å². The number of amides is 1. The number of halogens is 1. The van der Waals surface area contributed by atoms with Gasteiger partial charge in [-0.05, 0) is 24.3 Å². The number of hydrogen-bond acceptors (Lipinski definition) is 3. The summed E-state index contributed by atoms with van der Waals surface area (Å²) in [6.45, 7) is 0.492. The van der Waals surface area contributed by atoms with Crippen molar-refractivity contribution < 1.29 is 23.8 Å². The number of carboxylic acid groups (broad SMARTS) is 1. The maximum absolute atomic E-state index is 12.8. The predicted octanol–water partition coefficient (Wildman–Crippen LogP) is 0.751. The second-order valence-corrected chi connectivity index (χ2v) is 3.93. The van der Waals surface area contributed by atoms with Gasteiger partial charge in [-0.2, -0.15) is 0 Å². The third-order valence-corrected chi connectivity index (χ3v) is 2.77. The number of aliphatic carboxylic acids is 1. The summed E-state index contributed by atoms with van der Waals surface area (Å²) in [5.74, 6) is -1.97. The molecule has 0 spiro atoms. The lowest BCUT2D eigenvalue weighted by atomic mass is 10.1. The first-order valence-electron chi connectivity index (χ1n) is 5.46. The highest BCUT2D eigenvalue weighted by Crippen LogP contribution is 2.13. The van der Waals surface area contributed by atoms with Crippen molar-refractivity contribution in [1.29, 1.82) is 0 Å². The summed E-state index contributed by atoms with van der Waals surface area (Å²) < 4.78 is 17.8. The summed E-state index contributed by atoms with van der Waals surface area (Å²) in [6, 6.07) is 4.03. The van der Waals surface area contributed by atoms with Gasteiger partial charge in [-0.25, -0.2) is 9.18 Å². The molecule has 5 nitrogen and oxygen atoms in total. The van der Waals surface area contributed by atoms with Gasteiger partial charge in [0.25, 0.3) is 5.91 Å². The van der Waals surface area contributed by atoms with Crippen LogP contribution in [0.1, 0.15) is 10.4 Å². The zero-order valence-corrected chi connectivity index (χ0v) is 9.51. The van der Waals surface area contributed by atoms with E-state index in [4.69, 9.17) is 9.84 Å². The SMILES string of the molecule is O=C(O)C1COCCN1C(=O)c1ccc(F)cc1. The Balaban J connectivity index is 2.20. The molecule has 96 valence electrons. The molecule has 1 saturated heterocycles. The fraction of sp³-hybridized carbons (Fsp3) is 0.333. The lowest BCUT2D eigenvalue weighted by Gasteiger charge is -2.32. The van der Waals surface area contributed by atoms with Crippen molar-refractivity contribution in [2.75, 3.05) is 19.8 Å². The first kappa shape index (κ1) is 12.5. The van der Waals surface area contributed by atoms with Crippen molar-refractivity contribution in [2.24, 2.45) is 0 Å². The normalized spacial score (nSPS) is 19.6. The average Bonchev–Trinajstić information content (AvgIpc) is 2.39. The number of benzene rings is 1. The van der Waals surface area contributed by atoms with Crippen molar-refractivity contribution in [3.8, 4) is 0 Å². The summed E-state index contributed by atoms with van der Waals surface area (Å²) >= 11 is 0. The number of hydrogen-bond donors (Lipinski definition) is 1. The zero-order valence-electron chi connectivity index (χ0n) is 9.51. The van der Waals surface area contributed by atoms with Crippen molar-refractivity contribution in [1.82, 2.24) is 4.90 Å². The number of ether oxygens (including phenoxy) is 1. The molecule has 0 saturated carbocycles. The molecule has 0 radical (unpaired) electrons. The lowest BCUT2D eigenvalue weighted by Crippen LogP contribution is -2.52. The highest BCUT2D eigenvalue weighted by molar-refractivity contribution is 5.96. The van der Waals surface area contributed by atoms with Crippen molar-refractivity contribution in [3.63, 3.8) is 0 Å². The smallest absolute Gasteiger partial charge is 0.328 e. The van der Waals surface area contributed by atoms with Crippen LogP contribution in [-0.4, -0.2) is 47.7 Å². The van der Waals surface area contributed by atoms with Crippen LogP contribution in [0.5, 0.6) is 0 Å². The molecule has 1 fully saturated rings. The summed E-state index contributed by atoms with van der Waals surface area (Å²) in [7, 11) is 0. The van der Waals surface area contributed by atoms with E-state index in [0.717, 1.165) is 0 Å². The molecule has 0 aromatic heterocycles. The minimum atomic E-state index is -1.11. The molecule has 18 heavy (non-hydrogen) atoms. The van der Waals surface area contributed by atoms with Gasteiger partial charge < -0.3 is 14.7 Å². The van der Waals surface area contributed by atoms with Crippen LogP contribution in [0, 0.1) is 5.82 Å². The van der Waals surface area contributed by atoms with Crippen molar-refractivity contribution in [2.45, 2.75) is 6.04 Å². The average molecular weight is 253 g/mol. The topological polar surface area (TPSA) is 66.8 Å². The lowest BCUT2D eigenvalue weighted by molar-refractivity contribution is -0.147. The van der Waals surface area contributed by atoms with Gasteiger partial charge >= 0.3 is 5.97 Å². The van der Waals surface area contributed by atoms with E-state index in [-0.39, 0.29) is 18.7 Å². The summed E-state index contributed by atoms with van der Waals surface area (Å²) in [5.41, 5.74) is 0.268. The second-order valence-electron chi connectivity index (χ2n) is 3.93. The van der Waals surface area contributed by atoms with Gasteiger partial charge in [0, 0.05) is 12.1 Å². The van der Waals surface area contributed by atoms with Gasteiger partial charge in [0.05, 0.1) is 13.2 Å². The molecule has 0 aliphatic carbocycles. The molecule has 1 aliphatic rings. The highest BCUT2D eigenvalue weighted by Gasteiger charge is 2.33. The Bertz CT molecular complexity index is 460. The van der Waals surface area contributed by atoms with Crippen LogP contribution in [0.2, 0.25) is 0 Å². The first-order chi connectivity index (χ1) is 8.59. The van der Waals surface area contributed by atoms with Crippen molar-refractivity contribution >= 4 is 11.9 Å². The molecule has 1 unspecified atom stereocenters. The number of carbonyl (C=O) groups excluding carboxylic acids is 1. The molecular formula is C12H12FNO4. The molecule has 6 heteroatoms. The Labute approximate surface area is 103 Å². The summed E-state index contributed by atoms with van der Waals surface area (Å²) in [5, 5.41) is 9.01. The van der Waals surface area contributed by atoms with E-state index in [9.17, 15) is 14.0 Å². The third kappa shape index (κ3) is 2.48. The van der Waals surface area contributed by atoms with E-state index in [1.165, 1.54) is 29.2 Å². The number of nitrogens with zero attached hydrogens (tertiary/aromatic N) is 1. The van der Waals surface area contributed by atoms with Crippen LogP contribution in [-0.2, 0) is 9.53 Å². The van der Waals surface area contributed by atoms with Crippen LogP contribution in [0.4, 0.5) is 4.39 Å². The summed E-state index contributed by atoms with van der Waals surface area (Å²) in [4.78, 5) is 24.4. The minimum Gasteiger partial charge on any atom is -0.480 e. The van der Waals surface area contributed by atoms with E-state index < -0.39 is 23.7 Å². The molecule has 1 aromatic carbocycles. The molecule has 1 amide bonds. The molecule has 0 bridgehead atoms. The first-order valence-corrected chi connectivity index (χ1v) is 5.46. The molecule has 1 N–H and O–H groups in total. The van der Waals surface area contributed by atoms with E-state index in [1.807, 2.05) is 0 Å². The van der Waals surface area contributed by atoms with Crippen LogP contribution >= 0.6 is 0 Å². The van der Waals surface area contributed by atoms with Gasteiger partial charge in [-0.3, -0.25) is 4.79 Å². The Kier molecular flexibility index (Phi) is 3.57. The number of carbonyl (C=O) groups is 2. The molecule has 1 atom stereocenters. The Morgan fingerprint density at radius 1 is 1.33 bits per heavy atom. The third-order valence-electron chi connectivity index (χ3n) is 2.77. The number of rotatable bonds is 2. The Hall–Kier alpha value is -1.95. The highest BCUT2D eigenvalue weighted by atomic mass is 19.1. The van der Waals surface area contributed by atoms with Gasteiger partial charge in [0.1, 0.15) is 5.82 Å². The van der Waals surface area contributed by atoms with E-state index in [1.54, 1.807) is 0 Å². The maximum Gasteiger partial charge on any atom is 0.328 e. The molecule has 2 rings (SSSR count). The quantitative estimate of drug-likeness (QED) is 0.844. The Morgan fingerprint density at radius 3 is 2.61 bits per heavy atom. The zero-order chi connectivity index (χ0) is 13.1. The summed E-state index contributed by atoms with van der Waals surface area (Å²) in [6.07, 6.45) is 0. The molecule has 1 aromatic rings. The van der Waals surface area contributed by atoms with Gasteiger partial charge in [-0.1, -0.05) is 0 Å². The Morgan fingerprint density at radius 2 is 2.00 bits per heavy atom. The van der Waals surface area contributed by atoms with Gasteiger partial charge in [0.2, 0.25) is 0 Å². The van der Waals surface area contributed by atoms with E-state index >= 15 is 0 Å². The second kappa shape index (κ2) is 5.14. The monoisotopic (exact) mass is 253 g/mol. The largest absolute Gasteiger partial charge is 0.480 e. The van der Waals surface area contributed by atoms with Crippen LogP contribution < -0.4 is 0 Å². The van der Waals surface area contributed by atoms with Crippen LogP contribution in [0.3, 0.4) is 0 Å². The predicted molar refractivity (Wildman–Crippen MR) is 59.7 cm³/mol. The molecule has 1 heterocycles. The van der Waals surface area contributed by atoms with Crippen LogP contribution in [0.15, 0.2) is 24.3 Å². The fourth-order valence-corrected chi connectivity index (χ4v) is 1.81. The van der Waals surface area contributed by atoms with Crippen molar-refractivity contribution in [3.05, 3.63) is 35.6 Å². The number of carboxylic acids is 1. The molecular weight excluding hydrogens is 241 g/mol. The maximum atomic E-state index is 12.8.